The quantitative estimate of drug-likeness (QED) is 0.560. The highest BCUT2D eigenvalue weighted by molar-refractivity contribution is 7.98. The van der Waals surface area contributed by atoms with Gasteiger partial charge in [-0.05, 0) is 24.0 Å². The third kappa shape index (κ3) is 3.19. The van der Waals surface area contributed by atoms with Crippen molar-refractivity contribution in [1.82, 2.24) is 15.2 Å². The van der Waals surface area contributed by atoms with Crippen molar-refractivity contribution >= 4 is 35.0 Å². The van der Waals surface area contributed by atoms with Crippen molar-refractivity contribution in [3.05, 3.63) is 63.6 Å². The maximum Gasteiger partial charge on any atom is 0.245 e. The summed E-state index contributed by atoms with van der Waals surface area (Å²) >= 11 is 13.9. The molecule has 0 amide bonds. The van der Waals surface area contributed by atoms with E-state index in [0.717, 1.165) is 16.7 Å². The van der Waals surface area contributed by atoms with E-state index in [4.69, 9.17) is 27.9 Å². The van der Waals surface area contributed by atoms with Gasteiger partial charge in [-0.3, -0.25) is 0 Å². The van der Waals surface area contributed by atoms with Gasteiger partial charge in [0.2, 0.25) is 11.0 Å². The molecule has 1 aromatic heterocycles. The molecule has 0 aliphatic carbocycles. The lowest BCUT2D eigenvalue weighted by Gasteiger charge is -2.18. The summed E-state index contributed by atoms with van der Waals surface area (Å²) in [6.45, 7) is 0. The first-order valence-corrected chi connectivity index (χ1v) is 9.62. The number of rotatable bonds is 2. The molecule has 1 unspecified atom stereocenters. The second-order valence-electron chi connectivity index (χ2n) is 5.59. The highest BCUT2D eigenvalue weighted by Crippen LogP contribution is 2.40. The van der Waals surface area contributed by atoms with Crippen LogP contribution in [0.2, 0.25) is 10.0 Å². The Hall–Kier alpha value is -1.82. The van der Waals surface area contributed by atoms with E-state index in [1.54, 1.807) is 6.07 Å². The van der Waals surface area contributed by atoms with Gasteiger partial charge in [-0.15, -0.1) is 10.2 Å². The number of benzene rings is 2. The van der Waals surface area contributed by atoms with E-state index >= 15 is 0 Å². The lowest BCUT2D eigenvalue weighted by molar-refractivity contribution is 0.198. The largest absolute Gasteiger partial charge is 0.467 e. The van der Waals surface area contributed by atoms with Gasteiger partial charge in [0, 0.05) is 27.6 Å². The monoisotopic (exact) mass is 389 g/mol. The van der Waals surface area contributed by atoms with E-state index in [2.05, 4.69) is 21.2 Å². The zero-order chi connectivity index (χ0) is 17.4. The molecule has 0 spiro atoms. The Labute approximate surface area is 159 Å². The van der Waals surface area contributed by atoms with E-state index in [1.165, 1.54) is 11.8 Å². The van der Waals surface area contributed by atoms with Gasteiger partial charge in [-0.1, -0.05) is 65.3 Å². The minimum atomic E-state index is -0.279. The van der Waals surface area contributed by atoms with Crippen molar-refractivity contribution in [1.29, 1.82) is 0 Å². The highest BCUT2D eigenvalue weighted by atomic mass is 35.5. The zero-order valence-electron chi connectivity index (χ0n) is 13.2. The molecule has 126 valence electrons. The van der Waals surface area contributed by atoms with Gasteiger partial charge in [-0.2, -0.15) is 4.98 Å². The Kier molecular flexibility index (Phi) is 4.54. The Morgan fingerprint density at radius 3 is 2.76 bits per heavy atom. The fourth-order valence-electron chi connectivity index (χ4n) is 2.88. The van der Waals surface area contributed by atoms with Crippen LogP contribution in [-0.4, -0.2) is 21.4 Å². The zero-order valence-corrected chi connectivity index (χ0v) is 15.6. The number of ether oxygens (including phenoxy) is 1. The molecule has 1 atom stereocenters. The fourth-order valence-corrected chi connectivity index (χ4v) is 3.70. The van der Waals surface area contributed by atoms with Crippen LogP contribution in [0.15, 0.2) is 47.6 Å². The lowest BCUT2D eigenvalue weighted by Crippen LogP contribution is -2.11. The molecule has 0 N–H and O–H groups in total. The van der Waals surface area contributed by atoms with Crippen LogP contribution in [0.1, 0.15) is 17.2 Å². The number of hydrogen-bond donors (Lipinski definition) is 0. The Morgan fingerprint density at radius 1 is 1.12 bits per heavy atom. The molecule has 0 radical (unpaired) electrons. The number of fused-ring (bicyclic) bond motifs is 3. The van der Waals surface area contributed by atoms with Gasteiger partial charge in [0.05, 0.1) is 0 Å². The summed E-state index contributed by atoms with van der Waals surface area (Å²) in [5, 5.41) is 10.2. The summed E-state index contributed by atoms with van der Waals surface area (Å²) in [5.41, 5.74) is 3.63. The standard InChI is InChI=1S/C18H13Cl2N3OS/c1-25-18-21-17-16(22-23-18)12-5-3-2-4-10(12)8-15(24-17)13-7-6-11(19)9-14(13)20/h2-7,9,15H,8H2,1H3. The number of halogens is 2. The second kappa shape index (κ2) is 6.83. The minimum absolute atomic E-state index is 0.279. The molecule has 0 bridgehead atoms. The molecule has 2 heterocycles. The van der Waals surface area contributed by atoms with Crippen LogP contribution < -0.4 is 4.74 Å². The van der Waals surface area contributed by atoms with E-state index in [-0.39, 0.29) is 6.10 Å². The molecule has 1 aliphatic rings. The van der Waals surface area contributed by atoms with Crippen LogP contribution in [0.5, 0.6) is 5.88 Å². The molecule has 2 aromatic carbocycles. The number of nitrogens with zero attached hydrogens (tertiary/aromatic N) is 3. The molecule has 25 heavy (non-hydrogen) atoms. The molecule has 0 saturated heterocycles. The van der Waals surface area contributed by atoms with E-state index in [1.807, 2.05) is 36.6 Å². The summed E-state index contributed by atoms with van der Waals surface area (Å²) < 4.78 is 6.23. The molecular weight excluding hydrogens is 377 g/mol. The third-order valence-corrected chi connectivity index (χ3v) is 5.16. The maximum atomic E-state index is 6.41. The van der Waals surface area contributed by atoms with Crippen molar-refractivity contribution in [3.63, 3.8) is 0 Å². The van der Waals surface area contributed by atoms with Crippen LogP contribution in [0.4, 0.5) is 0 Å². The van der Waals surface area contributed by atoms with Crippen LogP contribution in [-0.2, 0) is 6.42 Å². The van der Waals surface area contributed by atoms with Gasteiger partial charge >= 0.3 is 0 Å². The maximum absolute atomic E-state index is 6.41. The van der Waals surface area contributed by atoms with Crippen molar-refractivity contribution in [2.75, 3.05) is 6.26 Å². The molecule has 0 fully saturated rings. The van der Waals surface area contributed by atoms with Crippen molar-refractivity contribution in [3.8, 4) is 17.1 Å². The second-order valence-corrected chi connectivity index (χ2v) is 7.20. The molecule has 7 heteroatoms. The summed E-state index contributed by atoms with van der Waals surface area (Å²) in [5.74, 6) is 0.473. The van der Waals surface area contributed by atoms with Crippen molar-refractivity contribution in [2.45, 2.75) is 17.7 Å². The Morgan fingerprint density at radius 2 is 1.96 bits per heavy atom. The predicted octanol–water partition coefficient (Wildman–Crippen LogP) is 5.24. The third-order valence-electron chi connectivity index (χ3n) is 4.06. The summed E-state index contributed by atoms with van der Waals surface area (Å²) in [6, 6.07) is 13.5. The van der Waals surface area contributed by atoms with E-state index in [0.29, 0.717) is 33.2 Å². The number of aromatic nitrogens is 3. The molecule has 4 nitrogen and oxygen atoms in total. The predicted molar refractivity (Wildman–Crippen MR) is 101 cm³/mol. The summed E-state index contributed by atoms with van der Waals surface area (Å²) in [4.78, 5) is 4.51. The number of thioether (sulfide) groups is 1. The molecule has 0 saturated carbocycles. The Bertz CT molecular complexity index is 951. The first-order chi connectivity index (χ1) is 12.2. The first-order valence-electron chi connectivity index (χ1n) is 7.64. The van der Waals surface area contributed by atoms with Crippen LogP contribution >= 0.6 is 35.0 Å². The fraction of sp³-hybridized carbons (Fsp3) is 0.167. The van der Waals surface area contributed by atoms with Gasteiger partial charge in [0.15, 0.2) is 5.69 Å². The van der Waals surface area contributed by atoms with Gasteiger partial charge < -0.3 is 4.74 Å². The normalized spacial score (nSPS) is 15.7. The summed E-state index contributed by atoms with van der Waals surface area (Å²) in [6.07, 6.45) is 2.28. The van der Waals surface area contributed by atoms with E-state index in [9.17, 15) is 0 Å². The van der Waals surface area contributed by atoms with Crippen LogP contribution in [0.3, 0.4) is 0 Å². The Balaban J connectivity index is 1.87. The van der Waals surface area contributed by atoms with Crippen molar-refractivity contribution < 1.29 is 4.74 Å². The topological polar surface area (TPSA) is 47.9 Å². The van der Waals surface area contributed by atoms with Gasteiger partial charge in [-0.25, -0.2) is 0 Å². The SMILES string of the molecule is CSc1nnc2c(n1)OC(c1ccc(Cl)cc1Cl)Cc1ccccc1-2. The number of hydrogen-bond acceptors (Lipinski definition) is 5. The first kappa shape index (κ1) is 16.6. The van der Waals surface area contributed by atoms with Crippen molar-refractivity contribution in [2.24, 2.45) is 0 Å². The van der Waals surface area contributed by atoms with Crippen LogP contribution in [0, 0.1) is 0 Å². The lowest BCUT2D eigenvalue weighted by atomic mass is 9.97. The van der Waals surface area contributed by atoms with Gasteiger partial charge in [0.25, 0.3) is 0 Å². The van der Waals surface area contributed by atoms with E-state index < -0.39 is 0 Å². The molecule has 3 aromatic rings. The molecule has 1 aliphatic heterocycles. The average Bonchev–Trinajstić information content (AvgIpc) is 2.77. The van der Waals surface area contributed by atoms with Crippen LogP contribution in [0.25, 0.3) is 11.3 Å². The molecular formula is C18H13Cl2N3OS. The summed E-state index contributed by atoms with van der Waals surface area (Å²) in [7, 11) is 0. The average molecular weight is 390 g/mol. The smallest absolute Gasteiger partial charge is 0.245 e. The van der Waals surface area contributed by atoms with Gasteiger partial charge in [0.1, 0.15) is 6.10 Å². The minimum Gasteiger partial charge on any atom is -0.467 e. The molecule has 4 rings (SSSR count). The highest BCUT2D eigenvalue weighted by Gasteiger charge is 2.27.